The minimum Gasteiger partial charge on any atom is -0.491 e. The third kappa shape index (κ3) is 4.50. The van der Waals surface area contributed by atoms with Crippen LogP contribution in [0.5, 0.6) is 5.75 Å². The van der Waals surface area contributed by atoms with Gasteiger partial charge in [0.25, 0.3) is 0 Å². The number of aliphatic hydroxyl groups is 1. The van der Waals surface area contributed by atoms with Crippen molar-refractivity contribution in [1.82, 2.24) is 0 Å². The van der Waals surface area contributed by atoms with Gasteiger partial charge in [-0.25, -0.2) is 0 Å². The Morgan fingerprint density at radius 1 is 1.30 bits per heavy atom. The zero-order chi connectivity index (χ0) is 14.4. The van der Waals surface area contributed by atoms with Gasteiger partial charge in [0.1, 0.15) is 5.75 Å². The average Bonchev–Trinajstić information content (AvgIpc) is 2.46. The SMILES string of the molecule is CC(C)Oc1ccccc1C(O)CCC1CCCCO1. The molecule has 2 rings (SSSR count). The van der Waals surface area contributed by atoms with E-state index in [4.69, 9.17) is 9.47 Å². The van der Waals surface area contributed by atoms with Crippen molar-refractivity contribution in [3.63, 3.8) is 0 Å². The Hall–Kier alpha value is -1.06. The summed E-state index contributed by atoms with van der Waals surface area (Å²) in [5, 5.41) is 10.4. The number of hydrogen-bond donors (Lipinski definition) is 1. The van der Waals surface area contributed by atoms with Crippen LogP contribution in [0.4, 0.5) is 0 Å². The van der Waals surface area contributed by atoms with E-state index in [1.54, 1.807) is 0 Å². The number of hydrogen-bond acceptors (Lipinski definition) is 3. The fourth-order valence-electron chi connectivity index (χ4n) is 2.65. The molecule has 112 valence electrons. The Balaban J connectivity index is 1.92. The monoisotopic (exact) mass is 278 g/mol. The van der Waals surface area contributed by atoms with Crippen LogP contribution >= 0.6 is 0 Å². The lowest BCUT2D eigenvalue weighted by molar-refractivity contribution is 0.00190. The Bertz CT molecular complexity index is 397. The van der Waals surface area contributed by atoms with E-state index in [0.29, 0.717) is 6.10 Å². The van der Waals surface area contributed by atoms with Crippen molar-refractivity contribution in [2.45, 2.75) is 64.3 Å². The molecule has 20 heavy (non-hydrogen) atoms. The second-order valence-corrected chi connectivity index (χ2v) is 5.79. The van der Waals surface area contributed by atoms with Gasteiger partial charge in [-0.2, -0.15) is 0 Å². The van der Waals surface area contributed by atoms with E-state index in [0.717, 1.165) is 37.2 Å². The van der Waals surface area contributed by atoms with Crippen LogP contribution in [0.1, 0.15) is 57.6 Å². The molecule has 1 aromatic rings. The summed E-state index contributed by atoms with van der Waals surface area (Å²) in [5.41, 5.74) is 0.886. The van der Waals surface area contributed by atoms with Crippen LogP contribution in [0, 0.1) is 0 Å². The summed E-state index contributed by atoms with van der Waals surface area (Å²) in [6.07, 6.45) is 5.13. The zero-order valence-corrected chi connectivity index (χ0v) is 12.5. The van der Waals surface area contributed by atoms with Crippen LogP contribution < -0.4 is 4.74 Å². The minimum atomic E-state index is -0.476. The summed E-state index contributed by atoms with van der Waals surface area (Å²) in [5.74, 6) is 0.791. The molecule has 1 aliphatic heterocycles. The Morgan fingerprint density at radius 3 is 2.80 bits per heavy atom. The molecular weight excluding hydrogens is 252 g/mol. The molecular formula is C17H26O3. The van der Waals surface area contributed by atoms with Crippen LogP contribution in [-0.4, -0.2) is 23.9 Å². The van der Waals surface area contributed by atoms with E-state index in [2.05, 4.69) is 0 Å². The maximum atomic E-state index is 10.4. The molecule has 1 fully saturated rings. The summed E-state index contributed by atoms with van der Waals surface area (Å²) >= 11 is 0. The summed E-state index contributed by atoms with van der Waals surface area (Å²) in [7, 11) is 0. The third-order valence-electron chi connectivity index (χ3n) is 3.68. The first-order valence-corrected chi connectivity index (χ1v) is 7.72. The molecule has 0 saturated carbocycles. The highest BCUT2D eigenvalue weighted by molar-refractivity contribution is 5.35. The Morgan fingerprint density at radius 2 is 2.10 bits per heavy atom. The van der Waals surface area contributed by atoms with E-state index >= 15 is 0 Å². The van der Waals surface area contributed by atoms with E-state index in [9.17, 15) is 5.11 Å². The van der Waals surface area contributed by atoms with Crippen molar-refractivity contribution in [2.24, 2.45) is 0 Å². The van der Waals surface area contributed by atoms with Gasteiger partial charge in [-0.15, -0.1) is 0 Å². The second kappa shape index (κ2) is 7.65. The summed E-state index contributed by atoms with van der Waals surface area (Å²) < 4.78 is 11.5. The van der Waals surface area contributed by atoms with Crippen molar-refractivity contribution in [3.8, 4) is 5.75 Å². The molecule has 2 unspecified atom stereocenters. The average molecular weight is 278 g/mol. The second-order valence-electron chi connectivity index (χ2n) is 5.79. The zero-order valence-electron chi connectivity index (χ0n) is 12.5. The molecule has 2 atom stereocenters. The highest BCUT2D eigenvalue weighted by Crippen LogP contribution is 2.30. The smallest absolute Gasteiger partial charge is 0.125 e. The number of para-hydroxylation sites is 1. The quantitative estimate of drug-likeness (QED) is 0.859. The molecule has 0 amide bonds. The third-order valence-corrected chi connectivity index (χ3v) is 3.68. The molecule has 3 heteroatoms. The van der Waals surface area contributed by atoms with Gasteiger partial charge < -0.3 is 14.6 Å². The van der Waals surface area contributed by atoms with Crippen molar-refractivity contribution in [1.29, 1.82) is 0 Å². The Labute approximate surface area is 121 Å². The van der Waals surface area contributed by atoms with Gasteiger partial charge in [0, 0.05) is 12.2 Å². The van der Waals surface area contributed by atoms with Gasteiger partial charge in [-0.05, 0) is 52.0 Å². The van der Waals surface area contributed by atoms with Crippen LogP contribution in [0.15, 0.2) is 24.3 Å². The lowest BCUT2D eigenvalue weighted by Crippen LogP contribution is -2.19. The first-order chi connectivity index (χ1) is 9.66. The maximum Gasteiger partial charge on any atom is 0.125 e. The fourth-order valence-corrected chi connectivity index (χ4v) is 2.65. The molecule has 0 aromatic heterocycles. The molecule has 1 aromatic carbocycles. The molecule has 0 bridgehead atoms. The molecule has 1 saturated heterocycles. The largest absolute Gasteiger partial charge is 0.491 e. The first kappa shape index (κ1) is 15.3. The van der Waals surface area contributed by atoms with Gasteiger partial charge in [-0.3, -0.25) is 0 Å². The number of benzene rings is 1. The standard InChI is InChI=1S/C17H26O3/c1-13(2)20-17-9-4-3-8-15(17)16(18)11-10-14-7-5-6-12-19-14/h3-4,8-9,13-14,16,18H,5-7,10-12H2,1-2H3. The first-order valence-electron chi connectivity index (χ1n) is 7.72. The summed E-state index contributed by atoms with van der Waals surface area (Å²) in [6.45, 7) is 4.87. The molecule has 1 heterocycles. The normalized spacial score (nSPS) is 20.9. The van der Waals surface area contributed by atoms with Crippen LogP contribution in [-0.2, 0) is 4.74 Å². The van der Waals surface area contributed by atoms with Gasteiger partial charge in [0.2, 0.25) is 0 Å². The number of aliphatic hydroxyl groups excluding tert-OH is 1. The topological polar surface area (TPSA) is 38.7 Å². The van der Waals surface area contributed by atoms with Crippen molar-refractivity contribution >= 4 is 0 Å². The molecule has 0 aliphatic carbocycles. The van der Waals surface area contributed by atoms with Crippen LogP contribution in [0.25, 0.3) is 0 Å². The van der Waals surface area contributed by atoms with E-state index in [1.807, 2.05) is 38.1 Å². The Kier molecular flexibility index (Phi) is 5.86. The fraction of sp³-hybridized carbons (Fsp3) is 0.647. The van der Waals surface area contributed by atoms with Crippen molar-refractivity contribution in [2.75, 3.05) is 6.61 Å². The minimum absolute atomic E-state index is 0.116. The molecule has 3 nitrogen and oxygen atoms in total. The highest BCUT2D eigenvalue weighted by atomic mass is 16.5. The van der Waals surface area contributed by atoms with Gasteiger partial charge in [-0.1, -0.05) is 18.2 Å². The lowest BCUT2D eigenvalue weighted by Gasteiger charge is -2.24. The molecule has 0 radical (unpaired) electrons. The van der Waals surface area contributed by atoms with Crippen LogP contribution in [0.2, 0.25) is 0 Å². The molecule has 1 aliphatic rings. The predicted molar refractivity (Wildman–Crippen MR) is 80.0 cm³/mol. The predicted octanol–water partition coefficient (Wildman–Crippen LogP) is 3.86. The summed E-state index contributed by atoms with van der Waals surface area (Å²) in [4.78, 5) is 0. The number of rotatable bonds is 6. The number of ether oxygens (including phenoxy) is 2. The van der Waals surface area contributed by atoms with Gasteiger partial charge >= 0.3 is 0 Å². The van der Waals surface area contributed by atoms with E-state index < -0.39 is 6.10 Å². The molecule has 0 spiro atoms. The van der Waals surface area contributed by atoms with Crippen LogP contribution in [0.3, 0.4) is 0 Å². The lowest BCUT2D eigenvalue weighted by atomic mass is 9.98. The van der Waals surface area contributed by atoms with E-state index in [-0.39, 0.29) is 6.10 Å². The summed E-state index contributed by atoms with van der Waals surface area (Å²) in [6, 6.07) is 7.76. The van der Waals surface area contributed by atoms with Crippen molar-refractivity contribution in [3.05, 3.63) is 29.8 Å². The van der Waals surface area contributed by atoms with Gasteiger partial charge in [0.05, 0.1) is 18.3 Å². The van der Waals surface area contributed by atoms with E-state index in [1.165, 1.54) is 12.8 Å². The maximum absolute atomic E-state index is 10.4. The highest BCUT2D eigenvalue weighted by Gasteiger charge is 2.18. The molecule has 1 N–H and O–H groups in total. The van der Waals surface area contributed by atoms with Gasteiger partial charge in [0.15, 0.2) is 0 Å². The van der Waals surface area contributed by atoms with Crippen molar-refractivity contribution < 1.29 is 14.6 Å².